The summed E-state index contributed by atoms with van der Waals surface area (Å²) in [6.07, 6.45) is 1.57. The van der Waals surface area contributed by atoms with Gasteiger partial charge in [-0.25, -0.2) is 0 Å². The summed E-state index contributed by atoms with van der Waals surface area (Å²) >= 11 is 0. The highest BCUT2D eigenvalue weighted by molar-refractivity contribution is 5.99. The number of benzene rings is 2. The number of fused-ring (bicyclic) bond motifs is 1. The molecule has 26 heavy (non-hydrogen) atoms. The van der Waals surface area contributed by atoms with E-state index in [1.54, 1.807) is 25.3 Å². The summed E-state index contributed by atoms with van der Waals surface area (Å²) in [6.45, 7) is 1.65. The number of hydrogen-bond donors (Lipinski definition) is 0. The van der Waals surface area contributed by atoms with Gasteiger partial charge in [0.15, 0.2) is 5.78 Å². The van der Waals surface area contributed by atoms with E-state index in [2.05, 4.69) is 10.2 Å². The molecule has 2 aromatic carbocycles. The molecule has 0 aliphatic carbocycles. The number of Topliss-reactive ketones (excluding diaryl/α,β-unsaturated/α-hetero) is 1. The fraction of sp³-hybridized carbons (Fsp3) is 0.100. The second-order valence-corrected chi connectivity index (χ2v) is 5.99. The maximum atomic E-state index is 12.6. The lowest BCUT2D eigenvalue weighted by Crippen LogP contribution is -2.23. The number of carbonyl (C=O) groups excluding carboxylic acids is 1. The average molecular weight is 345 g/mol. The van der Waals surface area contributed by atoms with Gasteiger partial charge in [0, 0.05) is 30.3 Å². The second kappa shape index (κ2) is 6.40. The molecule has 2 aromatic heterocycles. The lowest BCUT2D eigenvalue weighted by atomic mass is 10.0. The van der Waals surface area contributed by atoms with Gasteiger partial charge in [-0.3, -0.25) is 9.59 Å². The first-order valence-corrected chi connectivity index (χ1v) is 8.13. The Morgan fingerprint density at radius 2 is 1.85 bits per heavy atom. The van der Waals surface area contributed by atoms with Crippen LogP contribution < -0.4 is 5.56 Å². The smallest absolute Gasteiger partial charge is 0.251 e. The fourth-order valence-electron chi connectivity index (χ4n) is 2.79. The number of carbonyl (C=O) groups is 1. The van der Waals surface area contributed by atoms with Crippen molar-refractivity contribution < 1.29 is 9.21 Å². The molecule has 2 heterocycles. The summed E-state index contributed by atoms with van der Waals surface area (Å²) in [5.41, 5.74) is 0.810. The van der Waals surface area contributed by atoms with E-state index in [-0.39, 0.29) is 23.8 Å². The molecule has 0 aliphatic heterocycles. The molecule has 0 aliphatic rings. The van der Waals surface area contributed by atoms with Crippen LogP contribution in [-0.4, -0.2) is 20.5 Å². The normalized spacial score (nSPS) is 11.0. The number of ketones is 1. The largest absolute Gasteiger partial charge is 0.421 e. The van der Waals surface area contributed by atoms with Gasteiger partial charge in [0.1, 0.15) is 0 Å². The number of hydrogen-bond acceptors (Lipinski definition) is 5. The zero-order chi connectivity index (χ0) is 18.1. The van der Waals surface area contributed by atoms with Crippen LogP contribution >= 0.6 is 0 Å². The quantitative estimate of drug-likeness (QED) is 0.531. The molecular formula is C20H15N3O3. The summed E-state index contributed by atoms with van der Waals surface area (Å²) in [6, 6.07) is 16.4. The minimum absolute atomic E-state index is 0.0275. The molecule has 6 heteroatoms. The molecule has 0 atom stereocenters. The van der Waals surface area contributed by atoms with Crippen LogP contribution in [0, 0.1) is 6.92 Å². The highest BCUT2D eigenvalue weighted by atomic mass is 16.4. The molecule has 0 radical (unpaired) electrons. The standard InChI is InChI=1S/C20H15N3O3/c1-13-21-22-20(26-13)17-8-9-23(19(25)11-17)12-18(24)16-7-6-14-4-2-3-5-15(14)10-16/h2-11H,12H2,1H3. The Morgan fingerprint density at radius 3 is 2.58 bits per heavy atom. The first kappa shape index (κ1) is 16.0. The minimum Gasteiger partial charge on any atom is -0.421 e. The molecule has 128 valence electrons. The number of aryl methyl sites for hydroxylation is 1. The van der Waals surface area contributed by atoms with E-state index < -0.39 is 0 Å². The molecule has 4 rings (SSSR count). The van der Waals surface area contributed by atoms with Crippen LogP contribution in [0.15, 0.2) is 70.0 Å². The second-order valence-electron chi connectivity index (χ2n) is 5.99. The van der Waals surface area contributed by atoms with Crippen molar-refractivity contribution in [3.05, 3.63) is 82.6 Å². The van der Waals surface area contributed by atoms with E-state index in [9.17, 15) is 9.59 Å². The van der Waals surface area contributed by atoms with Gasteiger partial charge in [-0.05, 0) is 22.9 Å². The van der Waals surface area contributed by atoms with E-state index in [0.717, 1.165) is 10.8 Å². The van der Waals surface area contributed by atoms with Crippen molar-refractivity contribution >= 4 is 16.6 Å². The Kier molecular flexibility index (Phi) is 3.93. The van der Waals surface area contributed by atoms with Crippen LogP contribution in [0.3, 0.4) is 0 Å². The number of pyridine rings is 1. The van der Waals surface area contributed by atoms with Gasteiger partial charge in [-0.2, -0.15) is 0 Å². The molecule has 4 aromatic rings. The number of aromatic nitrogens is 3. The van der Waals surface area contributed by atoms with E-state index in [1.165, 1.54) is 10.6 Å². The maximum absolute atomic E-state index is 12.6. The Hall–Kier alpha value is -3.54. The topological polar surface area (TPSA) is 78.0 Å². The Labute approximate surface area is 148 Å². The highest BCUT2D eigenvalue weighted by Gasteiger charge is 2.11. The Bertz CT molecular complexity index is 1170. The predicted octanol–water partition coefficient (Wildman–Crippen LogP) is 3.24. The third-order valence-electron chi connectivity index (χ3n) is 4.15. The zero-order valence-electron chi connectivity index (χ0n) is 14.0. The van der Waals surface area contributed by atoms with Crippen molar-refractivity contribution in [2.45, 2.75) is 13.5 Å². The monoisotopic (exact) mass is 345 g/mol. The summed E-state index contributed by atoms with van der Waals surface area (Å²) in [5.74, 6) is 0.586. The molecular weight excluding hydrogens is 330 g/mol. The summed E-state index contributed by atoms with van der Waals surface area (Å²) in [7, 11) is 0. The first-order chi connectivity index (χ1) is 12.6. The lowest BCUT2D eigenvalue weighted by molar-refractivity contribution is 0.0971. The Balaban J connectivity index is 1.59. The highest BCUT2D eigenvalue weighted by Crippen LogP contribution is 2.17. The summed E-state index contributed by atoms with van der Waals surface area (Å²) in [4.78, 5) is 24.9. The van der Waals surface area contributed by atoms with Crippen LogP contribution in [-0.2, 0) is 6.54 Å². The molecule has 0 fully saturated rings. The SMILES string of the molecule is Cc1nnc(-c2ccn(CC(=O)c3ccc4ccccc4c3)c(=O)c2)o1. The number of nitrogens with zero attached hydrogens (tertiary/aromatic N) is 3. The molecule has 0 amide bonds. The first-order valence-electron chi connectivity index (χ1n) is 8.13. The summed E-state index contributed by atoms with van der Waals surface area (Å²) in [5, 5.41) is 9.70. The van der Waals surface area contributed by atoms with Crippen molar-refractivity contribution in [3.8, 4) is 11.5 Å². The van der Waals surface area contributed by atoms with Crippen molar-refractivity contribution in [2.24, 2.45) is 0 Å². The third kappa shape index (κ3) is 3.04. The molecule has 0 unspecified atom stereocenters. The van der Waals surface area contributed by atoms with Crippen LogP contribution in [0.4, 0.5) is 0 Å². The van der Waals surface area contributed by atoms with Gasteiger partial charge >= 0.3 is 0 Å². The Morgan fingerprint density at radius 1 is 1.04 bits per heavy atom. The van der Waals surface area contributed by atoms with Crippen molar-refractivity contribution in [2.75, 3.05) is 0 Å². The molecule has 0 bridgehead atoms. The van der Waals surface area contributed by atoms with Gasteiger partial charge in [0.05, 0.1) is 6.54 Å². The van der Waals surface area contributed by atoms with Gasteiger partial charge in [-0.15, -0.1) is 10.2 Å². The van der Waals surface area contributed by atoms with Gasteiger partial charge in [0.25, 0.3) is 5.56 Å². The predicted molar refractivity (Wildman–Crippen MR) is 97.0 cm³/mol. The van der Waals surface area contributed by atoms with Gasteiger partial charge in [0.2, 0.25) is 11.8 Å². The maximum Gasteiger partial charge on any atom is 0.251 e. The molecule has 6 nitrogen and oxygen atoms in total. The molecule has 0 saturated heterocycles. The fourth-order valence-corrected chi connectivity index (χ4v) is 2.79. The van der Waals surface area contributed by atoms with Crippen molar-refractivity contribution in [1.82, 2.24) is 14.8 Å². The van der Waals surface area contributed by atoms with Crippen molar-refractivity contribution in [1.29, 1.82) is 0 Å². The average Bonchev–Trinajstić information content (AvgIpc) is 3.09. The minimum atomic E-state index is -0.299. The van der Waals surface area contributed by atoms with Gasteiger partial charge in [-0.1, -0.05) is 36.4 Å². The van der Waals surface area contributed by atoms with Crippen LogP contribution in [0.25, 0.3) is 22.2 Å². The van der Waals surface area contributed by atoms with Crippen LogP contribution in [0.2, 0.25) is 0 Å². The van der Waals surface area contributed by atoms with Gasteiger partial charge < -0.3 is 8.98 Å². The van der Waals surface area contributed by atoms with E-state index in [0.29, 0.717) is 17.0 Å². The van der Waals surface area contributed by atoms with E-state index in [4.69, 9.17) is 4.42 Å². The van der Waals surface area contributed by atoms with Crippen molar-refractivity contribution in [3.63, 3.8) is 0 Å². The molecule has 0 N–H and O–H groups in total. The van der Waals surface area contributed by atoms with Crippen LogP contribution in [0.1, 0.15) is 16.2 Å². The van der Waals surface area contributed by atoms with Crippen LogP contribution in [0.5, 0.6) is 0 Å². The zero-order valence-corrected chi connectivity index (χ0v) is 14.0. The number of rotatable bonds is 4. The van der Waals surface area contributed by atoms with E-state index in [1.807, 2.05) is 36.4 Å². The van der Waals surface area contributed by atoms with E-state index >= 15 is 0 Å². The third-order valence-corrected chi connectivity index (χ3v) is 4.15. The lowest BCUT2D eigenvalue weighted by Gasteiger charge is -2.07. The molecule has 0 spiro atoms. The molecule has 0 saturated carbocycles. The summed E-state index contributed by atoms with van der Waals surface area (Å²) < 4.78 is 6.68.